The number of nitrogens with zero attached hydrogens (tertiary/aromatic N) is 1. The molecule has 0 spiro atoms. The molecule has 3 aromatic rings. The summed E-state index contributed by atoms with van der Waals surface area (Å²) in [6.07, 6.45) is 0.596. The zero-order chi connectivity index (χ0) is 18.1. The van der Waals surface area contributed by atoms with Crippen LogP contribution in [-0.2, 0) is 17.6 Å². The number of benzene rings is 2. The smallest absolute Gasteiger partial charge is 0.226 e. The molecule has 1 atom stereocenters. The van der Waals surface area contributed by atoms with Gasteiger partial charge in [0.1, 0.15) is 29.6 Å². The zero-order valence-electron chi connectivity index (χ0n) is 14.1. The van der Waals surface area contributed by atoms with Crippen molar-refractivity contribution in [1.29, 1.82) is 0 Å². The molecule has 4 rings (SSSR count). The molecule has 1 N–H and O–H groups in total. The lowest BCUT2D eigenvalue weighted by Crippen LogP contribution is -2.43. The third-order valence-electron chi connectivity index (χ3n) is 4.37. The Kier molecular flexibility index (Phi) is 4.20. The van der Waals surface area contributed by atoms with Crippen LogP contribution < -0.4 is 14.8 Å². The van der Waals surface area contributed by atoms with Crippen molar-refractivity contribution in [2.75, 3.05) is 13.7 Å². The third-order valence-corrected chi connectivity index (χ3v) is 4.37. The number of halogens is 1. The van der Waals surface area contributed by atoms with Crippen LogP contribution in [0.4, 0.5) is 4.39 Å². The van der Waals surface area contributed by atoms with Gasteiger partial charge in [0, 0.05) is 5.39 Å². The molecule has 7 heteroatoms. The highest BCUT2D eigenvalue weighted by Crippen LogP contribution is 2.26. The first-order valence-corrected chi connectivity index (χ1v) is 8.25. The molecule has 0 saturated heterocycles. The van der Waals surface area contributed by atoms with Gasteiger partial charge in [0.25, 0.3) is 0 Å². The van der Waals surface area contributed by atoms with Gasteiger partial charge in [0.2, 0.25) is 5.91 Å². The van der Waals surface area contributed by atoms with Crippen LogP contribution in [0.15, 0.2) is 40.9 Å². The fraction of sp³-hybridized carbons (Fsp3) is 0.263. The summed E-state index contributed by atoms with van der Waals surface area (Å²) in [5.41, 5.74) is 1.89. The minimum atomic E-state index is -0.317. The summed E-state index contributed by atoms with van der Waals surface area (Å²) in [5.74, 6) is 0.812. The number of hydrogen-bond donors (Lipinski definition) is 1. The number of carbonyl (C=O) groups is 1. The summed E-state index contributed by atoms with van der Waals surface area (Å²) in [6, 6.07) is 9.50. The predicted octanol–water partition coefficient (Wildman–Crippen LogP) is 2.64. The van der Waals surface area contributed by atoms with Gasteiger partial charge in [-0.3, -0.25) is 4.79 Å². The van der Waals surface area contributed by atoms with Crippen molar-refractivity contribution in [3.8, 4) is 11.5 Å². The fourth-order valence-electron chi connectivity index (χ4n) is 3.11. The van der Waals surface area contributed by atoms with Crippen LogP contribution in [0.25, 0.3) is 11.0 Å². The monoisotopic (exact) mass is 356 g/mol. The Labute approximate surface area is 148 Å². The quantitative estimate of drug-likeness (QED) is 0.778. The Hall–Kier alpha value is -3.09. The second-order valence-corrected chi connectivity index (χ2v) is 6.20. The summed E-state index contributed by atoms with van der Waals surface area (Å²) in [6.45, 7) is 0.345. The van der Waals surface area contributed by atoms with Crippen molar-refractivity contribution in [2.45, 2.75) is 18.9 Å². The molecule has 2 heterocycles. The predicted molar refractivity (Wildman–Crippen MR) is 91.8 cm³/mol. The van der Waals surface area contributed by atoms with E-state index in [-0.39, 0.29) is 24.2 Å². The van der Waals surface area contributed by atoms with Crippen LogP contribution >= 0.6 is 0 Å². The molecule has 6 nitrogen and oxygen atoms in total. The van der Waals surface area contributed by atoms with Crippen molar-refractivity contribution < 1.29 is 23.2 Å². The van der Waals surface area contributed by atoms with E-state index in [2.05, 4.69) is 10.5 Å². The van der Waals surface area contributed by atoms with E-state index in [4.69, 9.17) is 14.0 Å². The van der Waals surface area contributed by atoms with Gasteiger partial charge >= 0.3 is 0 Å². The van der Waals surface area contributed by atoms with E-state index in [0.717, 1.165) is 10.9 Å². The average molecular weight is 356 g/mol. The first-order chi connectivity index (χ1) is 12.6. The van der Waals surface area contributed by atoms with E-state index in [1.54, 1.807) is 31.4 Å². The summed E-state index contributed by atoms with van der Waals surface area (Å²) in [7, 11) is 1.57. The number of carbonyl (C=O) groups excluding carboxylic acids is 1. The number of ether oxygens (including phenoxy) is 2. The van der Waals surface area contributed by atoms with E-state index >= 15 is 0 Å². The largest absolute Gasteiger partial charge is 0.497 e. The number of rotatable bonds is 4. The molecule has 1 aromatic heterocycles. The SMILES string of the molecule is COc1ccc2onc(CC(=O)NC3COc4ccc(F)cc4C3)c2c1. The first kappa shape index (κ1) is 16.4. The first-order valence-electron chi connectivity index (χ1n) is 8.25. The Morgan fingerprint density at radius 2 is 2.23 bits per heavy atom. The standard InChI is InChI=1S/C19H17FN2O4/c1-24-14-3-5-18-15(8-14)16(22-26-18)9-19(23)21-13-7-11-6-12(20)2-4-17(11)25-10-13/h2-6,8,13H,7,9-10H2,1H3,(H,21,23). The lowest BCUT2D eigenvalue weighted by molar-refractivity contribution is -0.121. The summed E-state index contributed by atoms with van der Waals surface area (Å²) >= 11 is 0. The van der Waals surface area contributed by atoms with Gasteiger partial charge < -0.3 is 19.3 Å². The molecule has 1 aliphatic rings. The molecular formula is C19H17FN2O4. The minimum absolute atomic E-state index is 0.0761. The summed E-state index contributed by atoms with van der Waals surface area (Å²) in [5, 5.41) is 7.63. The lowest BCUT2D eigenvalue weighted by Gasteiger charge is -2.26. The van der Waals surface area contributed by atoms with Crippen LogP contribution in [0.5, 0.6) is 11.5 Å². The van der Waals surface area contributed by atoms with Crippen LogP contribution in [0, 0.1) is 5.82 Å². The van der Waals surface area contributed by atoms with Crippen LogP contribution in [0.1, 0.15) is 11.3 Å². The molecule has 1 aliphatic heterocycles. The van der Waals surface area contributed by atoms with Gasteiger partial charge in [0.15, 0.2) is 5.58 Å². The summed E-state index contributed by atoms with van der Waals surface area (Å²) < 4.78 is 29.4. The van der Waals surface area contributed by atoms with E-state index < -0.39 is 0 Å². The number of fused-ring (bicyclic) bond motifs is 2. The second kappa shape index (κ2) is 6.67. The third kappa shape index (κ3) is 3.20. The highest BCUT2D eigenvalue weighted by atomic mass is 19.1. The molecule has 1 unspecified atom stereocenters. The second-order valence-electron chi connectivity index (χ2n) is 6.20. The van der Waals surface area contributed by atoms with Crippen LogP contribution in [0.3, 0.4) is 0 Å². The number of hydrogen-bond acceptors (Lipinski definition) is 5. The average Bonchev–Trinajstić information content (AvgIpc) is 3.03. The highest BCUT2D eigenvalue weighted by Gasteiger charge is 2.23. The molecular weight excluding hydrogens is 339 g/mol. The van der Waals surface area contributed by atoms with Crippen molar-refractivity contribution in [1.82, 2.24) is 10.5 Å². The van der Waals surface area contributed by atoms with E-state index in [1.165, 1.54) is 12.1 Å². The van der Waals surface area contributed by atoms with Gasteiger partial charge in [-0.05, 0) is 48.4 Å². The number of aromatic nitrogens is 1. The normalized spacial score (nSPS) is 16.0. The van der Waals surface area contributed by atoms with Gasteiger partial charge in [-0.15, -0.1) is 0 Å². The molecule has 0 radical (unpaired) electrons. The van der Waals surface area contributed by atoms with Gasteiger partial charge in [0.05, 0.1) is 19.6 Å². The Morgan fingerprint density at radius 3 is 3.08 bits per heavy atom. The van der Waals surface area contributed by atoms with Crippen molar-refractivity contribution in [3.63, 3.8) is 0 Å². The molecule has 26 heavy (non-hydrogen) atoms. The minimum Gasteiger partial charge on any atom is -0.497 e. The molecule has 2 aromatic carbocycles. The van der Waals surface area contributed by atoms with Crippen molar-refractivity contribution >= 4 is 16.9 Å². The molecule has 1 amide bonds. The lowest BCUT2D eigenvalue weighted by atomic mass is 10.0. The van der Waals surface area contributed by atoms with Crippen molar-refractivity contribution in [2.24, 2.45) is 0 Å². The zero-order valence-corrected chi connectivity index (χ0v) is 14.1. The number of amides is 1. The van der Waals surface area contributed by atoms with E-state index in [9.17, 15) is 9.18 Å². The maximum Gasteiger partial charge on any atom is 0.226 e. The Bertz CT molecular complexity index is 969. The van der Waals surface area contributed by atoms with Gasteiger partial charge in [-0.1, -0.05) is 5.16 Å². The molecule has 0 fully saturated rings. The maximum atomic E-state index is 13.4. The molecule has 134 valence electrons. The Morgan fingerprint density at radius 1 is 1.35 bits per heavy atom. The molecule has 0 saturated carbocycles. The Balaban J connectivity index is 1.45. The van der Waals surface area contributed by atoms with E-state index in [0.29, 0.717) is 35.8 Å². The summed E-state index contributed by atoms with van der Waals surface area (Å²) in [4.78, 5) is 12.4. The topological polar surface area (TPSA) is 73.6 Å². The van der Waals surface area contributed by atoms with Gasteiger partial charge in [-0.25, -0.2) is 4.39 Å². The van der Waals surface area contributed by atoms with E-state index in [1.807, 2.05) is 0 Å². The molecule has 0 bridgehead atoms. The van der Waals surface area contributed by atoms with Crippen LogP contribution in [0.2, 0.25) is 0 Å². The fourth-order valence-corrected chi connectivity index (χ4v) is 3.11. The maximum absolute atomic E-state index is 13.4. The van der Waals surface area contributed by atoms with Crippen molar-refractivity contribution in [3.05, 3.63) is 53.5 Å². The molecule has 0 aliphatic carbocycles. The van der Waals surface area contributed by atoms with Crippen LogP contribution in [-0.4, -0.2) is 30.8 Å². The van der Waals surface area contributed by atoms with Gasteiger partial charge in [-0.2, -0.15) is 0 Å². The highest BCUT2D eigenvalue weighted by molar-refractivity contribution is 5.87. The number of nitrogens with one attached hydrogen (secondary N) is 1. The number of methoxy groups -OCH3 is 1.